The Labute approximate surface area is 182 Å². The molecule has 160 valence electrons. The van der Waals surface area contributed by atoms with Crippen LogP contribution < -0.4 is 15.8 Å². The highest BCUT2D eigenvalue weighted by Crippen LogP contribution is 2.20. The number of hydrogen-bond acceptors (Lipinski definition) is 6. The third-order valence-electron chi connectivity index (χ3n) is 4.57. The first-order valence-electron chi connectivity index (χ1n) is 9.58. The third kappa shape index (κ3) is 6.05. The number of benzene rings is 2. The fourth-order valence-corrected chi connectivity index (χ4v) is 2.87. The van der Waals surface area contributed by atoms with Crippen molar-refractivity contribution in [2.45, 2.75) is 39.3 Å². The summed E-state index contributed by atoms with van der Waals surface area (Å²) in [5, 5.41) is 6.67. The first-order valence-corrected chi connectivity index (χ1v) is 9.58. The van der Waals surface area contributed by atoms with Crippen molar-refractivity contribution in [3.05, 3.63) is 76.9 Å². The van der Waals surface area contributed by atoms with Crippen molar-refractivity contribution in [3.63, 3.8) is 0 Å². The SMILES string of the molecule is Cc1nc(COc2ccccc2C(=O)NCC(N)c2ccc(C(C)C)cc2)no1.Cl. The van der Waals surface area contributed by atoms with Crippen LogP contribution in [0.5, 0.6) is 5.75 Å². The number of nitrogens with zero attached hydrogens (tertiary/aromatic N) is 2. The Hall–Kier alpha value is -2.90. The minimum absolute atomic E-state index is 0. The average Bonchev–Trinajstić information content (AvgIpc) is 3.15. The molecule has 1 amide bonds. The predicted molar refractivity (Wildman–Crippen MR) is 117 cm³/mol. The van der Waals surface area contributed by atoms with Crippen molar-refractivity contribution in [2.75, 3.05) is 6.54 Å². The van der Waals surface area contributed by atoms with Crippen molar-refractivity contribution in [3.8, 4) is 5.75 Å². The minimum atomic E-state index is -0.296. The second kappa shape index (κ2) is 10.8. The Morgan fingerprint density at radius 2 is 1.80 bits per heavy atom. The second-order valence-electron chi connectivity index (χ2n) is 7.15. The molecule has 3 N–H and O–H groups in total. The molecule has 30 heavy (non-hydrogen) atoms. The number of nitrogens with two attached hydrogens (primary N) is 1. The van der Waals surface area contributed by atoms with Crippen molar-refractivity contribution < 1.29 is 14.1 Å². The van der Waals surface area contributed by atoms with E-state index in [1.165, 1.54) is 5.56 Å². The standard InChI is InChI=1S/C22H26N4O3.ClH/c1-14(2)16-8-10-17(11-9-16)19(23)12-24-22(27)18-6-4-5-7-20(18)28-13-21-25-15(3)29-26-21;/h4-11,14,19H,12-13,23H2,1-3H3,(H,24,27);1H. The number of para-hydroxylation sites is 1. The van der Waals surface area contributed by atoms with E-state index in [4.69, 9.17) is 15.0 Å². The maximum absolute atomic E-state index is 12.7. The zero-order valence-corrected chi connectivity index (χ0v) is 18.1. The molecule has 1 unspecified atom stereocenters. The summed E-state index contributed by atoms with van der Waals surface area (Å²) >= 11 is 0. The molecule has 0 spiro atoms. The van der Waals surface area contributed by atoms with Gasteiger partial charge in [0.1, 0.15) is 5.75 Å². The maximum Gasteiger partial charge on any atom is 0.255 e. The van der Waals surface area contributed by atoms with Gasteiger partial charge in [0.15, 0.2) is 6.61 Å². The molecule has 0 bridgehead atoms. The monoisotopic (exact) mass is 430 g/mol. The normalized spacial score (nSPS) is 11.6. The van der Waals surface area contributed by atoms with Crippen LogP contribution in [-0.2, 0) is 6.61 Å². The lowest BCUT2D eigenvalue weighted by atomic mass is 9.99. The van der Waals surface area contributed by atoms with Gasteiger partial charge in [-0.05, 0) is 29.2 Å². The molecule has 0 aliphatic carbocycles. The van der Waals surface area contributed by atoms with E-state index < -0.39 is 0 Å². The average molecular weight is 431 g/mol. The summed E-state index contributed by atoms with van der Waals surface area (Å²) in [6.45, 7) is 6.43. The highest BCUT2D eigenvalue weighted by molar-refractivity contribution is 5.96. The molecule has 1 aromatic heterocycles. The molecule has 1 heterocycles. The van der Waals surface area contributed by atoms with Gasteiger partial charge < -0.3 is 20.3 Å². The van der Waals surface area contributed by atoms with Crippen LogP contribution in [0.2, 0.25) is 0 Å². The van der Waals surface area contributed by atoms with E-state index in [-0.39, 0.29) is 31.0 Å². The minimum Gasteiger partial charge on any atom is -0.485 e. The first-order chi connectivity index (χ1) is 13.9. The Morgan fingerprint density at radius 1 is 1.13 bits per heavy atom. The van der Waals surface area contributed by atoms with Crippen molar-refractivity contribution in [1.82, 2.24) is 15.5 Å². The van der Waals surface area contributed by atoms with Gasteiger partial charge in [-0.1, -0.05) is 55.4 Å². The molecule has 0 saturated carbocycles. The molecule has 0 saturated heterocycles. The van der Waals surface area contributed by atoms with Gasteiger partial charge in [0.05, 0.1) is 5.56 Å². The maximum atomic E-state index is 12.7. The highest BCUT2D eigenvalue weighted by Gasteiger charge is 2.15. The lowest BCUT2D eigenvalue weighted by Crippen LogP contribution is -2.32. The van der Waals surface area contributed by atoms with Crippen LogP contribution >= 0.6 is 12.4 Å². The summed E-state index contributed by atoms with van der Waals surface area (Å²) in [4.78, 5) is 16.8. The van der Waals surface area contributed by atoms with Gasteiger partial charge in [0.25, 0.3) is 5.91 Å². The molecule has 0 radical (unpaired) electrons. The molecule has 7 nitrogen and oxygen atoms in total. The smallest absolute Gasteiger partial charge is 0.255 e. The summed E-state index contributed by atoms with van der Waals surface area (Å²) < 4.78 is 10.6. The number of carbonyl (C=O) groups excluding carboxylic acids is 1. The largest absolute Gasteiger partial charge is 0.485 e. The van der Waals surface area contributed by atoms with E-state index in [2.05, 4.69) is 41.4 Å². The van der Waals surface area contributed by atoms with E-state index in [1.807, 2.05) is 12.1 Å². The Kier molecular flexibility index (Phi) is 8.38. The van der Waals surface area contributed by atoms with Gasteiger partial charge in [-0.3, -0.25) is 4.79 Å². The lowest BCUT2D eigenvalue weighted by Gasteiger charge is -2.15. The quantitative estimate of drug-likeness (QED) is 0.561. The summed E-state index contributed by atoms with van der Waals surface area (Å²) in [5.41, 5.74) is 8.91. The molecule has 8 heteroatoms. The molecule has 3 rings (SSSR count). The van der Waals surface area contributed by atoms with E-state index in [1.54, 1.807) is 31.2 Å². The number of nitrogens with one attached hydrogen (secondary N) is 1. The van der Waals surface area contributed by atoms with Gasteiger partial charge in [-0.2, -0.15) is 4.98 Å². The van der Waals surface area contributed by atoms with E-state index >= 15 is 0 Å². The number of hydrogen-bond donors (Lipinski definition) is 2. The number of halogens is 1. The van der Waals surface area contributed by atoms with Gasteiger partial charge in [-0.15, -0.1) is 12.4 Å². The number of aryl methyl sites for hydroxylation is 1. The van der Waals surface area contributed by atoms with E-state index in [0.29, 0.717) is 35.5 Å². The van der Waals surface area contributed by atoms with Crippen LogP contribution in [0.25, 0.3) is 0 Å². The Bertz CT molecular complexity index is 957. The summed E-state index contributed by atoms with van der Waals surface area (Å²) in [5.74, 6) is 1.55. The van der Waals surface area contributed by atoms with Crippen LogP contribution in [0, 0.1) is 6.92 Å². The fraction of sp³-hybridized carbons (Fsp3) is 0.318. The molecular weight excluding hydrogens is 404 g/mol. The van der Waals surface area contributed by atoms with Gasteiger partial charge in [0.2, 0.25) is 11.7 Å². The van der Waals surface area contributed by atoms with Crippen molar-refractivity contribution >= 4 is 18.3 Å². The molecule has 0 aliphatic rings. The van der Waals surface area contributed by atoms with Crippen molar-refractivity contribution in [2.24, 2.45) is 5.73 Å². The number of rotatable bonds is 8. The number of ether oxygens (including phenoxy) is 1. The molecule has 0 fully saturated rings. The summed E-state index contributed by atoms with van der Waals surface area (Å²) in [7, 11) is 0. The first kappa shape index (κ1) is 23.4. The van der Waals surface area contributed by atoms with Crippen LogP contribution in [0.4, 0.5) is 0 Å². The number of carbonyl (C=O) groups is 1. The van der Waals surface area contributed by atoms with Gasteiger partial charge in [0, 0.05) is 19.5 Å². The Morgan fingerprint density at radius 3 is 2.43 bits per heavy atom. The zero-order valence-electron chi connectivity index (χ0n) is 17.3. The summed E-state index contributed by atoms with van der Waals surface area (Å²) in [6.07, 6.45) is 0. The highest BCUT2D eigenvalue weighted by atomic mass is 35.5. The van der Waals surface area contributed by atoms with Crippen LogP contribution in [0.15, 0.2) is 53.1 Å². The van der Waals surface area contributed by atoms with Crippen LogP contribution in [-0.4, -0.2) is 22.6 Å². The molecule has 3 aromatic rings. The molecule has 2 aromatic carbocycles. The molecular formula is C22H27ClN4O3. The molecule has 1 atom stereocenters. The van der Waals surface area contributed by atoms with Crippen molar-refractivity contribution in [1.29, 1.82) is 0 Å². The second-order valence-corrected chi connectivity index (χ2v) is 7.15. The molecule has 0 aliphatic heterocycles. The number of aromatic nitrogens is 2. The zero-order chi connectivity index (χ0) is 20.8. The van der Waals surface area contributed by atoms with E-state index in [9.17, 15) is 4.79 Å². The fourth-order valence-electron chi connectivity index (χ4n) is 2.87. The third-order valence-corrected chi connectivity index (χ3v) is 4.57. The summed E-state index contributed by atoms with van der Waals surface area (Å²) in [6, 6.07) is 14.9. The van der Waals surface area contributed by atoms with Gasteiger partial charge >= 0.3 is 0 Å². The Balaban J connectivity index is 0.00000320. The van der Waals surface area contributed by atoms with Gasteiger partial charge in [-0.25, -0.2) is 0 Å². The predicted octanol–water partition coefficient (Wildman–Crippen LogP) is 3.93. The number of amides is 1. The van der Waals surface area contributed by atoms with Crippen LogP contribution in [0.1, 0.15) is 59.0 Å². The topological polar surface area (TPSA) is 103 Å². The lowest BCUT2D eigenvalue weighted by molar-refractivity contribution is 0.0946. The van der Waals surface area contributed by atoms with Crippen LogP contribution in [0.3, 0.4) is 0 Å². The van der Waals surface area contributed by atoms with E-state index in [0.717, 1.165) is 5.56 Å².